The van der Waals surface area contributed by atoms with E-state index < -0.39 is 0 Å². The Morgan fingerprint density at radius 1 is 0.812 bits per heavy atom. The van der Waals surface area contributed by atoms with Gasteiger partial charge in [-0.2, -0.15) is 0 Å². The number of likely N-dealkylation sites (tertiary alicyclic amines) is 3. The Hall–Kier alpha value is -0.200. The molecule has 182 valence electrons. The van der Waals surface area contributed by atoms with Gasteiger partial charge in [0.25, 0.3) is 0 Å². The third-order valence-electron chi connectivity index (χ3n) is 10.8. The number of rotatable bonds is 6. The van der Waals surface area contributed by atoms with E-state index >= 15 is 0 Å². The fourth-order valence-corrected chi connectivity index (χ4v) is 8.95. The van der Waals surface area contributed by atoms with Crippen molar-refractivity contribution < 1.29 is 9.47 Å². The van der Waals surface area contributed by atoms with E-state index in [2.05, 4.69) is 35.6 Å². The molecule has 1 saturated carbocycles. The van der Waals surface area contributed by atoms with Gasteiger partial charge in [-0.05, 0) is 84.2 Å². The van der Waals surface area contributed by atoms with Gasteiger partial charge in [-0.25, -0.2) is 0 Å². The SMILES string of the molecule is CC(CC1CN(C(C)CC2CN(C)C3(CCCC3)C2)C2(COC2)C1)N1CCC2(COC2)C1. The van der Waals surface area contributed by atoms with E-state index in [0.29, 0.717) is 28.6 Å². The summed E-state index contributed by atoms with van der Waals surface area (Å²) in [5.41, 5.74) is 1.43. The quantitative estimate of drug-likeness (QED) is 0.623. The first-order valence-electron chi connectivity index (χ1n) is 13.8. The molecule has 5 saturated heterocycles. The molecule has 0 bridgehead atoms. The van der Waals surface area contributed by atoms with Crippen LogP contribution in [-0.4, -0.2) is 97.5 Å². The van der Waals surface area contributed by atoms with E-state index in [1.165, 1.54) is 84.0 Å². The second kappa shape index (κ2) is 8.19. The molecule has 0 radical (unpaired) electrons. The molecule has 5 aliphatic heterocycles. The van der Waals surface area contributed by atoms with Gasteiger partial charge in [0.1, 0.15) is 0 Å². The summed E-state index contributed by atoms with van der Waals surface area (Å²) >= 11 is 0. The summed E-state index contributed by atoms with van der Waals surface area (Å²) in [6, 6.07) is 1.40. The molecule has 3 spiro atoms. The van der Waals surface area contributed by atoms with Crippen LogP contribution in [0.4, 0.5) is 0 Å². The highest BCUT2D eigenvalue weighted by Crippen LogP contribution is 2.48. The van der Waals surface area contributed by atoms with E-state index in [1.54, 1.807) is 0 Å². The molecule has 5 heteroatoms. The maximum absolute atomic E-state index is 5.83. The largest absolute Gasteiger partial charge is 0.380 e. The van der Waals surface area contributed by atoms with Crippen LogP contribution in [0.1, 0.15) is 71.6 Å². The highest BCUT2D eigenvalue weighted by Gasteiger charge is 2.54. The van der Waals surface area contributed by atoms with Crippen molar-refractivity contribution in [1.82, 2.24) is 14.7 Å². The Bertz CT molecular complexity index is 684. The lowest BCUT2D eigenvalue weighted by Gasteiger charge is -2.48. The minimum Gasteiger partial charge on any atom is -0.380 e. The third kappa shape index (κ3) is 3.69. The van der Waals surface area contributed by atoms with Crippen molar-refractivity contribution in [2.75, 3.05) is 59.7 Å². The molecule has 6 rings (SSSR count). The second-order valence-electron chi connectivity index (χ2n) is 13.2. The molecule has 4 atom stereocenters. The summed E-state index contributed by atoms with van der Waals surface area (Å²) in [6.07, 6.45) is 12.7. The standard InChI is InChI=1S/C27H47N3O2/c1-21(29-9-8-25(16-29)17-31-18-25)10-24-13-27(19-32-20-27)30(15-24)22(2)11-23-12-26(28(3)14-23)6-4-5-7-26/h21-24H,4-20H2,1-3H3. The molecule has 0 amide bonds. The van der Waals surface area contributed by atoms with Gasteiger partial charge in [0.05, 0.1) is 32.0 Å². The zero-order valence-electron chi connectivity index (χ0n) is 21.0. The van der Waals surface area contributed by atoms with Gasteiger partial charge in [-0.15, -0.1) is 0 Å². The smallest absolute Gasteiger partial charge is 0.0684 e. The van der Waals surface area contributed by atoms with Gasteiger partial charge in [0, 0.05) is 42.7 Å². The molecule has 6 fully saturated rings. The third-order valence-corrected chi connectivity index (χ3v) is 10.8. The van der Waals surface area contributed by atoms with Crippen LogP contribution in [0.15, 0.2) is 0 Å². The van der Waals surface area contributed by atoms with Crippen molar-refractivity contribution in [2.45, 2.75) is 94.8 Å². The van der Waals surface area contributed by atoms with Crippen LogP contribution < -0.4 is 0 Å². The molecule has 5 nitrogen and oxygen atoms in total. The fraction of sp³-hybridized carbons (Fsp3) is 1.00. The van der Waals surface area contributed by atoms with E-state index in [1.807, 2.05) is 0 Å². The van der Waals surface area contributed by atoms with E-state index in [-0.39, 0.29) is 0 Å². The van der Waals surface area contributed by atoms with Crippen molar-refractivity contribution in [3.63, 3.8) is 0 Å². The van der Waals surface area contributed by atoms with Gasteiger partial charge in [-0.3, -0.25) is 9.80 Å². The van der Waals surface area contributed by atoms with Gasteiger partial charge < -0.3 is 14.4 Å². The summed E-state index contributed by atoms with van der Waals surface area (Å²) < 4.78 is 11.4. The van der Waals surface area contributed by atoms with Crippen LogP contribution in [0.25, 0.3) is 0 Å². The van der Waals surface area contributed by atoms with Crippen LogP contribution in [0.2, 0.25) is 0 Å². The molecule has 0 aromatic heterocycles. The highest BCUT2D eigenvalue weighted by atomic mass is 16.5. The molecule has 5 heterocycles. The molecule has 6 aliphatic rings. The minimum atomic E-state index is 0.355. The van der Waals surface area contributed by atoms with Crippen molar-refractivity contribution >= 4 is 0 Å². The Morgan fingerprint density at radius 2 is 1.47 bits per heavy atom. The number of nitrogens with zero attached hydrogens (tertiary/aromatic N) is 3. The van der Waals surface area contributed by atoms with E-state index in [9.17, 15) is 0 Å². The van der Waals surface area contributed by atoms with Crippen molar-refractivity contribution in [3.8, 4) is 0 Å². The number of hydrogen-bond acceptors (Lipinski definition) is 5. The Balaban J connectivity index is 1.05. The molecule has 4 unspecified atom stereocenters. The lowest BCUT2D eigenvalue weighted by Crippen LogP contribution is -2.61. The van der Waals surface area contributed by atoms with Crippen molar-refractivity contribution in [1.29, 1.82) is 0 Å². The second-order valence-corrected chi connectivity index (χ2v) is 13.2. The van der Waals surface area contributed by atoms with E-state index in [0.717, 1.165) is 38.3 Å². The van der Waals surface area contributed by atoms with E-state index in [4.69, 9.17) is 9.47 Å². The average Bonchev–Trinajstić information content (AvgIpc) is 3.47. The summed E-state index contributed by atoms with van der Waals surface area (Å²) in [7, 11) is 2.41. The summed E-state index contributed by atoms with van der Waals surface area (Å²) in [6.45, 7) is 14.1. The molecular formula is C27H47N3O2. The molecule has 1 aliphatic carbocycles. The first-order chi connectivity index (χ1) is 15.4. The van der Waals surface area contributed by atoms with Crippen molar-refractivity contribution in [2.24, 2.45) is 17.3 Å². The summed E-state index contributed by atoms with van der Waals surface area (Å²) in [4.78, 5) is 8.43. The molecule has 0 aromatic carbocycles. The number of ether oxygens (including phenoxy) is 2. The molecule has 0 aromatic rings. The summed E-state index contributed by atoms with van der Waals surface area (Å²) in [5, 5.41) is 0. The Kier molecular flexibility index (Phi) is 5.70. The predicted molar refractivity (Wildman–Crippen MR) is 128 cm³/mol. The van der Waals surface area contributed by atoms with Gasteiger partial charge in [0.2, 0.25) is 0 Å². The molecular weight excluding hydrogens is 398 g/mol. The Labute approximate surface area is 196 Å². The van der Waals surface area contributed by atoms with Crippen LogP contribution >= 0.6 is 0 Å². The molecule has 32 heavy (non-hydrogen) atoms. The lowest BCUT2D eigenvalue weighted by atomic mass is 9.85. The zero-order chi connectivity index (χ0) is 22.0. The van der Waals surface area contributed by atoms with Crippen LogP contribution in [0.3, 0.4) is 0 Å². The number of hydrogen-bond donors (Lipinski definition) is 0. The van der Waals surface area contributed by atoms with Gasteiger partial charge in [-0.1, -0.05) is 12.8 Å². The van der Waals surface area contributed by atoms with Crippen LogP contribution in [0, 0.1) is 17.3 Å². The summed E-state index contributed by atoms with van der Waals surface area (Å²) in [5.74, 6) is 1.72. The first-order valence-corrected chi connectivity index (χ1v) is 13.8. The maximum Gasteiger partial charge on any atom is 0.0684 e. The minimum absolute atomic E-state index is 0.355. The van der Waals surface area contributed by atoms with Gasteiger partial charge in [0.15, 0.2) is 0 Å². The lowest BCUT2D eigenvalue weighted by molar-refractivity contribution is -0.135. The topological polar surface area (TPSA) is 28.2 Å². The van der Waals surface area contributed by atoms with Crippen molar-refractivity contribution in [3.05, 3.63) is 0 Å². The maximum atomic E-state index is 5.83. The normalized spacial score (nSPS) is 38.0. The monoisotopic (exact) mass is 445 g/mol. The highest BCUT2D eigenvalue weighted by molar-refractivity contribution is 5.07. The predicted octanol–water partition coefficient (Wildman–Crippen LogP) is 3.62. The van der Waals surface area contributed by atoms with Crippen LogP contribution in [-0.2, 0) is 9.47 Å². The zero-order valence-corrected chi connectivity index (χ0v) is 21.0. The average molecular weight is 446 g/mol. The van der Waals surface area contributed by atoms with Crippen LogP contribution in [0.5, 0.6) is 0 Å². The fourth-order valence-electron chi connectivity index (χ4n) is 8.95. The molecule has 0 N–H and O–H groups in total. The van der Waals surface area contributed by atoms with Gasteiger partial charge >= 0.3 is 0 Å². The Morgan fingerprint density at radius 3 is 2.09 bits per heavy atom. The first kappa shape index (κ1) is 22.3.